The van der Waals surface area contributed by atoms with Gasteiger partial charge < -0.3 is 16.0 Å². The first-order chi connectivity index (χ1) is 12.5. The van der Waals surface area contributed by atoms with Crippen molar-refractivity contribution in [2.45, 2.75) is 32.7 Å². The zero-order valence-electron chi connectivity index (χ0n) is 15.5. The van der Waals surface area contributed by atoms with Gasteiger partial charge in [0.1, 0.15) is 18.0 Å². The van der Waals surface area contributed by atoms with Gasteiger partial charge in [0.25, 0.3) is 0 Å². The second-order valence-corrected chi connectivity index (χ2v) is 7.24. The van der Waals surface area contributed by atoms with E-state index in [0.717, 1.165) is 42.2 Å². The number of imidazole rings is 1. The minimum Gasteiger partial charge on any atom is -0.369 e. The summed E-state index contributed by atoms with van der Waals surface area (Å²) in [5.74, 6) is 1.99. The fraction of sp³-hybridized carbons (Fsp3) is 0.421. The molecule has 1 aliphatic rings. The predicted molar refractivity (Wildman–Crippen MR) is 105 cm³/mol. The number of rotatable bonds is 3. The zero-order valence-corrected chi connectivity index (χ0v) is 15.5. The lowest BCUT2D eigenvalue weighted by molar-refractivity contribution is 0.260. The van der Waals surface area contributed by atoms with E-state index in [0.29, 0.717) is 12.0 Å². The fourth-order valence-electron chi connectivity index (χ4n) is 3.63. The second-order valence-electron chi connectivity index (χ2n) is 7.24. The van der Waals surface area contributed by atoms with E-state index in [1.165, 1.54) is 17.5 Å². The van der Waals surface area contributed by atoms with E-state index in [-0.39, 0.29) is 0 Å². The molecule has 1 saturated heterocycles. The third-order valence-corrected chi connectivity index (χ3v) is 5.15. The Hall–Kier alpha value is -2.67. The van der Waals surface area contributed by atoms with E-state index >= 15 is 0 Å². The summed E-state index contributed by atoms with van der Waals surface area (Å²) >= 11 is 0. The second kappa shape index (κ2) is 6.57. The first-order valence-electron chi connectivity index (χ1n) is 9.04. The Kier molecular flexibility index (Phi) is 4.24. The van der Waals surface area contributed by atoms with Gasteiger partial charge in [-0.15, -0.1) is 0 Å². The average molecular weight is 351 g/mol. The van der Waals surface area contributed by atoms with Crippen molar-refractivity contribution in [1.82, 2.24) is 24.4 Å². The molecule has 1 aliphatic heterocycles. The van der Waals surface area contributed by atoms with Crippen molar-refractivity contribution < 1.29 is 0 Å². The highest BCUT2D eigenvalue weighted by molar-refractivity contribution is 5.82. The minimum atomic E-state index is 0.401. The Bertz CT molecular complexity index is 946. The number of nitrogens with two attached hydrogens (primary N) is 1. The summed E-state index contributed by atoms with van der Waals surface area (Å²) in [7, 11) is 2.15. The number of piperidine rings is 1. The number of aryl methyl sites for hydroxylation is 2. The molecule has 3 N–H and O–H groups in total. The Balaban J connectivity index is 1.69. The van der Waals surface area contributed by atoms with Crippen LogP contribution >= 0.6 is 0 Å². The third kappa shape index (κ3) is 3.10. The van der Waals surface area contributed by atoms with Crippen LogP contribution in [0.1, 0.15) is 24.0 Å². The molecule has 136 valence electrons. The molecule has 7 heteroatoms. The van der Waals surface area contributed by atoms with Crippen LogP contribution in [-0.4, -0.2) is 50.6 Å². The Labute approximate surface area is 153 Å². The van der Waals surface area contributed by atoms with Gasteiger partial charge in [-0.25, -0.2) is 15.0 Å². The molecule has 0 radical (unpaired) electrons. The molecule has 0 saturated carbocycles. The van der Waals surface area contributed by atoms with E-state index in [1.54, 1.807) is 6.33 Å². The Morgan fingerprint density at radius 1 is 1.15 bits per heavy atom. The molecule has 0 amide bonds. The van der Waals surface area contributed by atoms with E-state index in [1.807, 2.05) is 10.6 Å². The molecule has 3 aromatic rings. The monoisotopic (exact) mass is 351 g/mol. The summed E-state index contributed by atoms with van der Waals surface area (Å²) in [5, 5.41) is 3.53. The summed E-state index contributed by atoms with van der Waals surface area (Å²) in [6, 6.07) is 6.52. The van der Waals surface area contributed by atoms with Crippen LogP contribution in [0.25, 0.3) is 16.9 Å². The maximum absolute atomic E-state index is 6.20. The largest absolute Gasteiger partial charge is 0.369 e. The number of likely N-dealkylation sites (N-methyl/N-ethyl adjacent to an activating group) is 1. The van der Waals surface area contributed by atoms with E-state index in [2.05, 4.69) is 58.2 Å². The maximum Gasteiger partial charge on any atom is 0.207 e. The Morgan fingerprint density at radius 3 is 2.77 bits per heavy atom. The molecule has 1 atom stereocenters. The summed E-state index contributed by atoms with van der Waals surface area (Å²) in [6.07, 6.45) is 3.93. The van der Waals surface area contributed by atoms with Crippen LogP contribution in [0, 0.1) is 13.8 Å². The smallest absolute Gasteiger partial charge is 0.207 e. The molecule has 1 aromatic carbocycles. The molecule has 26 heavy (non-hydrogen) atoms. The number of benzene rings is 1. The van der Waals surface area contributed by atoms with Crippen LogP contribution in [-0.2, 0) is 0 Å². The molecule has 7 nitrogen and oxygen atoms in total. The number of nitrogen functional groups attached to an aromatic ring is 1. The van der Waals surface area contributed by atoms with Crippen LogP contribution in [0.3, 0.4) is 0 Å². The summed E-state index contributed by atoms with van der Waals surface area (Å²) < 4.78 is 1.89. The van der Waals surface area contributed by atoms with Crippen molar-refractivity contribution in [2.75, 3.05) is 31.2 Å². The molecule has 2 aromatic heterocycles. The molecule has 3 heterocycles. The summed E-state index contributed by atoms with van der Waals surface area (Å²) in [4.78, 5) is 15.7. The van der Waals surface area contributed by atoms with Gasteiger partial charge in [-0.05, 0) is 63.5 Å². The lowest BCUT2D eigenvalue weighted by Gasteiger charge is -2.30. The zero-order chi connectivity index (χ0) is 18.3. The van der Waals surface area contributed by atoms with Crippen molar-refractivity contribution in [1.29, 1.82) is 0 Å². The topological polar surface area (TPSA) is 84.9 Å². The van der Waals surface area contributed by atoms with Crippen LogP contribution < -0.4 is 11.1 Å². The summed E-state index contributed by atoms with van der Waals surface area (Å²) in [6.45, 7) is 6.35. The number of nitrogens with zero attached hydrogens (tertiary/aromatic N) is 5. The number of hydrogen-bond donors (Lipinski definition) is 2. The van der Waals surface area contributed by atoms with Crippen LogP contribution in [0.5, 0.6) is 0 Å². The molecular formula is C19H25N7. The standard InChI is InChI=1S/C19H25N7/c1-12-7-15-16(8-13(12)2)26(19(20)24-15)18-9-17(21-11-22-18)23-14-5-4-6-25(3)10-14/h7-9,11,14H,4-6,10H2,1-3H3,(H2,20,24)(H,21,22,23)/t14-/m0/s1. The van der Waals surface area contributed by atoms with Crippen LogP contribution in [0.4, 0.5) is 11.8 Å². The highest BCUT2D eigenvalue weighted by atomic mass is 15.2. The number of likely N-dealkylation sites (tertiary alicyclic amines) is 1. The number of nitrogens with one attached hydrogen (secondary N) is 1. The first-order valence-corrected chi connectivity index (χ1v) is 9.04. The van der Waals surface area contributed by atoms with Crippen molar-refractivity contribution in [3.63, 3.8) is 0 Å². The molecule has 0 aliphatic carbocycles. The van der Waals surface area contributed by atoms with Gasteiger partial charge in [-0.2, -0.15) is 0 Å². The SMILES string of the molecule is Cc1cc2nc(N)n(-c3cc(N[C@H]4CCCN(C)C4)ncn3)c2cc1C. The van der Waals surface area contributed by atoms with E-state index in [4.69, 9.17) is 5.73 Å². The third-order valence-electron chi connectivity index (χ3n) is 5.15. The lowest BCUT2D eigenvalue weighted by Crippen LogP contribution is -2.39. The van der Waals surface area contributed by atoms with Gasteiger partial charge in [0.2, 0.25) is 5.95 Å². The molecule has 0 bridgehead atoms. The summed E-state index contributed by atoms with van der Waals surface area (Å²) in [5.41, 5.74) is 10.5. The van der Waals surface area contributed by atoms with Gasteiger partial charge in [-0.1, -0.05) is 0 Å². The van der Waals surface area contributed by atoms with Crippen molar-refractivity contribution in [3.05, 3.63) is 35.7 Å². The lowest BCUT2D eigenvalue weighted by atomic mass is 10.1. The number of fused-ring (bicyclic) bond motifs is 1. The van der Waals surface area contributed by atoms with Gasteiger partial charge in [0, 0.05) is 18.7 Å². The predicted octanol–water partition coefficient (Wildman–Crippen LogP) is 2.52. The molecule has 0 spiro atoms. The number of hydrogen-bond acceptors (Lipinski definition) is 6. The van der Waals surface area contributed by atoms with Crippen LogP contribution in [0.2, 0.25) is 0 Å². The van der Waals surface area contributed by atoms with Crippen molar-refractivity contribution in [2.24, 2.45) is 0 Å². The molecular weight excluding hydrogens is 326 g/mol. The molecule has 1 fully saturated rings. The van der Waals surface area contributed by atoms with Crippen molar-refractivity contribution in [3.8, 4) is 5.82 Å². The van der Waals surface area contributed by atoms with Gasteiger partial charge >= 0.3 is 0 Å². The highest BCUT2D eigenvalue weighted by Gasteiger charge is 2.18. The average Bonchev–Trinajstić information content (AvgIpc) is 2.90. The number of aromatic nitrogens is 4. The van der Waals surface area contributed by atoms with Crippen LogP contribution in [0.15, 0.2) is 24.5 Å². The van der Waals surface area contributed by atoms with Gasteiger partial charge in [-0.3, -0.25) is 4.57 Å². The number of anilines is 2. The van der Waals surface area contributed by atoms with E-state index in [9.17, 15) is 0 Å². The maximum atomic E-state index is 6.20. The first kappa shape index (κ1) is 16.8. The minimum absolute atomic E-state index is 0.401. The quantitative estimate of drug-likeness (QED) is 0.754. The highest BCUT2D eigenvalue weighted by Crippen LogP contribution is 2.25. The van der Waals surface area contributed by atoms with Crippen molar-refractivity contribution >= 4 is 22.8 Å². The Morgan fingerprint density at radius 2 is 1.96 bits per heavy atom. The molecule has 0 unspecified atom stereocenters. The van der Waals surface area contributed by atoms with Gasteiger partial charge in [0.05, 0.1) is 11.0 Å². The van der Waals surface area contributed by atoms with E-state index < -0.39 is 0 Å². The molecule has 4 rings (SSSR count). The van der Waals surface area contributed by atoms with Gasteiger partial charge in [0.15, 0.2) is 0 Å². The fourth-order valence-corrected chi connectivity index (χ4v) is 3.63. The normalized spacial score (nSPS) is 18.3.